The van der Waals surface area contributed by atoms with Crippen molar-refractivity contribution in [3.63, 3.8) is 0 Å². The van der Waals surface area contributed by atoms with Crippen LogP contribution in [0, 0.1) is 11.2 Å². The lowest BCUT2D eigenvalue weighted by molar-refractivity contribution is 0.312. The molecule has 3 aromatic rings. The van der Waals surface area contributed by atoms with Crippen LogP contribution in [0.15, 0.2) is 30.5 Å². The Morgan fingerprint density at radius 1 is 1.46 bits per heavy atom. The zero-order valence-corrected chi connectivity index (χ0v) is 15.8. The number of rotatable bonds is 4. The fourth-order valence-corrected chi connectivity index (χ4v) is 3.46. The highest BCUT2D eigenvalue weighted by molar-refractivity contribution is 6.31. The van der Waals surface area contributed by atoms with E-state index in [0.717, 1.165) is 25.6 Å². The van der Waals surface area contributed by atoms with Crippen molar-refractivity contribution >= 4 is 40.2 Å². The number of anilines is 2. The van der Waals surface area contributed by atoms with Crippen LogP contribution in [-0.4, -0.2) is 57.1 Å². The van der Waals surface area contributed by atoms with Crippen molar-refractivity contribution in [1.29, 1.82) is 5.41 Å². The molecule has 0 aliphatic carbocycles. The van der Waals surface area contributed by atoms with Gasteiger partial charge in [0.2, 0.25) is 5.95 Å². The van der Waals surface area contributed by atoms with Crippen molar-refractivity contribution in [2.75, 3.05) is 30.5 Å². The molecule has 146 valence electrons. The number of H-pyrrole nitrogens is 1. The van der Waals surface area contributed by atoms with Gasteiger partial charge in [-0.1, -0.05) is 11.6 Å². The van der Waals surface area contributed by atoms with Crippen molar-refractivity contribution in [3.8, 4) is 0 Å². The van der Waals surface area contributed by atoms with Crippen LogP contribution in [0.2, 0.25) is 5.02 Å². The molecule has 28 heavy (non-hydrogen) atoms. The number of hydroxylamine groups is 1. The number of nitrogens with one attached hydrogen (secondary N) is 3. The average Bonchev–Trinajstić information content (AvgIpc) is 3.28. The Bertz CT molecular complexity index is 1040. The first-order valence-corrected chi connectivity index (χ1v) is 9.13. The fourth-order valence-electron chi connectivity index (χ4n) is 3.28. The summed E-state index contributed by atoms with van der Waals surface area (Å²) in [6.45, 7) is 1.94. The summed E-state index contributed by atoms with van der Waals surface area (Å²) >= 11 is 5.78. The van der Waals surface area contributed by atoms with E-state index in [-0.39, 0.29) is 22.6 Å². The third-order valence-corrected chi connectivity index (χ3v) is 5.03. The van der Waals surface area contributed by atoms with Crippen LogP contribution < -0.4 is 10.4 Å². The van der Waals surface area contributed by atoms with Crippen LogP contribution in [0.5, 0.6) is 0 Å². The number of aromatic nitrogens is 3. The van der Waals surface area contributed by atoms with E-state index in [4.69, 9.17) is 17.0 Å². The molecule has 4 rings (SSSR count). The van der Waals surface area contributed by atoms with Gasteiger partial charge in [0.05, 0.1) is 16.2 Å². The van der Waals surface area contributed by atoms with Gasteiger partial charge in [-0.15, -0.1) is 0 Å². The molecule has 1 atom stereocenters. The number of aromatic amines is 1. The van der Waals surface area contributed by atoms with Gasteiger partial charge in [0, 0.05) is 24.3 Å². The summed E-state index contributed by atoms with van der Waals surface area (Å²) in [5.41, 5.74) is 1.53. The van der Waals surface area contributed by atoms with Crippen LogP contribution >= 0.6 is 11.6 Å². The molecular weight excluding hydrogens is 385 g/mol. The third kappa shape index (κ3) is 3.51. The minimum atomic E-state index is -0.599. The fraction of sp³-hybridized carbons (Fsp3) is 0.278. The lowest BCUT2D eigenvalue weighted by Gasteiger charge is -2.18. The molecule has 2 aromatic heterocycles. The van der Waals surface area contributed by atoms with E-state index in [1.165, 1.54) is 18.3 Å². The van der Waals surface area contributed by atoms with Crippen LogP contribution in [0.4, 0.5) is 16.0 Å². The lowest BCUT2D eigenvalue weighted by Crippen LogP contribution is -2.27. The molecule has 0 amide bonds. The lowest BCUT2D eigenvalue weighted by atomic mass is 10.2. The van der Waals surface area contributed by atoms with Crippen molar-refractivity contribution in [3.05, 3.63) is 46.9 Å². The SMILES string of the molecule is CN1CCC(Nc2nc3nccc(C(=N)N(O)c4ccc(F)c(Cl)c4)c3[nH]2)C1. The summed E-state index contributed by atoms with van der Waals surface area (Å²) in [6.07, 6.45) is 2.53. The summed E-state index contributed by atoms with van der Waals surface area (Å²) in [7, 11) is 2.07. The molecule has 1 aromatic carbocycles. The molecule has 3 heterocycles. The molecule has 1 fully saturated rings. The minimum Gasteiger partial charge on any atom is -0.352 e. The van der Waals surface area contributed by atoms with Crippen molar-refractivity contribution in [1.82, 2.24) is 19.9 Å². The number of imidazole rings is 1. The number of likely N-dealkylation sites (N-methyl/N-ethyl adjacent to an activating group) is 1. The maximum atomic E-state index is 13.4. The van der Waals surface area contributed by atoms with Gasteiger partial charge in [-0.3, -0.25) is 10.6 Å². The topological polar surface area (TPSA) is 104 Å². The first-order chi connectivity index (χ1) is 13.4. The largest absolute Gasteiger partial charge is 0.352 e. The molecule has 8 nitrogen and oxygen atoms in total. The first kappa shape index (κ1) is 18.6. The van der Waals surface area contributed by atoms with Gasteiger partial charge in [0.25, 0.3) is 0 Å². The number of pyridine rings is 1. The second-order valence-electron chi connectivity index (χ2n) is 6.79. The number of halogens is 2. The Hall–Kier alpha value is -2.75. The summed E-state index contributed by atoms with van der Waals surface area (Å²) in [5, 5.41) is 22.7. The van der Waals surface area contributed by atoms with Crippen LogP contribution in [-0.2, 0) is 0 Å². The maximum Gasteiger partial charge on any atom is 0.203 e. The van der Waals surface area contributed by atoms with Crippen LogP contribution in [0.25, 0.3) is 11.2 Å². The highest BCUT2D eigenvalue weighted by Crippen LogP contribution is 2.25. The maximum absolute atomic E-state index is 13.4. The van der Waals surface area contributed by atoms with Crippen molar-refractivity contribution < 1.29 is 9.60 Å². The molecular formula is C18H19ClFN7O. The van der Waals surface area contributed by atoms with Gasteiger partial charge in [0.1, 0.15) is 5.82 Å². The van der Waals surface area contributed by atoms with Gasteiger partial charge >= 0.3 is 0 Å². The standard InChI is InChI=1S/C18H19ClFN7O/c1-26-7-5-10(9-26)23-18-24-15-12(4-6-22-17(15)25-18)16(21)27(28)11-2-3-14(20)13(19)8-11/h2-4,6,8,10,21,28H,5,7,9H2,1H3,(H2,22,23,24,25). The number of amidine groups is 1. The summed E-state index contributed by atoms with van der Waals surface area (Å²) in [5.74, 6) is -0.248. The van der Waals surface area contributed by atoms with Gasteiger partial charge < -0.3 is 15.2 Å². The molecule has 0 radical (unpaired) electrons. The van der Waals surface area contributed by atoms with Gasteiger partial charge in [-0.05, 0) is 44.3 Å². The highest BCUT2D eigenvalue weighted by Gasteiger charge is 2.22. The zero-order valence-electron chi connectivity index (χ0n) is 15.1. The summed E-state index contributed by atoms with van der Waals surface area (Å²) < 4.78 is 13.4. The predicted molar refractivity (Wildman–Crippen MR) is 106 cm³/mol. The number of hydrogen-bond donors (Lipinski definition) is 4. The zero-order chi connectivity index (χ0) is 19.8. The first-order valence-electron chi connectivity index (χ1n) is 8.75. The Morgan fingerprint density at radius 2 is 2.29 bits per heavy atom. The van der Waals surface area contributed by atoms with E-state index >= 15 is 0 Å². The van der Waals surface area contributed by atoms with Crippen molar-refractivity contribution in [2.24, 2.45) is 0 Å². The number of hydrogen-bond acceptors (Lipinski definition) is 6. The number of benzene rings is 1. The van der Waals surface area contributed by atoms with Crippen molar-refractivity contribution in [2.45, 2.75) is 12.5 Å². The van der Waals surface area contributed by atoms with E-state index in [9.17, 15) is 9.60 Å². The molecule has 4 N–H and O–H groups in total. The Kier molecular flexibility index (Phi) is 4.88. The predicted octanol–water partition coefficient (Wildman–Crippen LogP) is 3.09. The Morgan fingerprint density at radius 3 is 3.00 bits per heavy atom. The van der Waals surface area contributed by atoms with Crippen LogP contribution in [0.1, 0.15) is 12.0 Å². The Labute approximate surface area is 165 Å². The van der Waals surface area contributed by atoms with E-state index in [0.29, 0.717) is 27.7 Å². The van der Waals surface area contributed by atoms with Crippen LogP contribution in [0.3, 0.4) is 0 Å². The average molecular weight is 404 g/mol. The quantitative estimate of drug-likeness (QED) is 0.303. The van der Waals surface area contributed by atoms with Gasteiger partial charge in [-0.2, -0.15) is 4.98 Å². The second-order valence-corrected chi connectivity index (χ2v) is 7.20. The summed E-state index contributed by atoms with van der Waals surface area (Å²) in [4.78, 5) is 14.0. The van der Waals surface area contributed by atoms with E-state index < -0.39 is 5.82 Å². The van der Waals surface area contributed by atoms with E-state index in [2.05, 4.69) is 32.2 Å². The molecule has 10 heteroatoms. The molecule has 1 unspecified atom stereocenters. The number of fused-ring (bicyclic) bond motifs is 1. The molecule has 0 bridgehead atoms. The normalized spacial score (nSPS) is 17.2. The molecule has 1 aliphatic heterocycles. The monoisotopic (exact) mass is 403 g/mol. The van der Waals surface area contributed by atoms with E-state index in [1.807, 2.05) is 0 Å². The molecule has 0 saturated carbocycles. The highest BCUT2D eigenvalue weighted by atomic mass is 35.5. The third-order valence-electron chi connectivity index (χ3n) is 4.74. The molecule has 0 spiro atoms. The molecule has 1 saturated heterocycles. The summed E-state index contributed by atoms with van der Waals surface area (Å²) in [6, 6.07) is 5.60. The Balaban J connectivity index is 1.62. The smallest absolute Gasteiger partial charge is 0.203 e. The second kappa shape index (κ2) is 7.34. The number of nitrogens with zero attached hydrogens (tertiary/aromatic N) is 4. The van der Waals surface area contributed by atoms with Gasteiger partial charge in [0.15, 0.2) is 11.5 Å². The van der Waals surface area contributed by atoms with Gasteiger partial charge in [-0.25, -0.2) is 14.4 Å². The minimum absolute atomic E-state index is 0.140. The molecule has 1 aliphatic rings. The van der Waals surface area contributed by atoms with E-state index in [1.54, 1.807) is 6.07 Å². The number of likely N-dealkylation sites (tertiary alicyclic amines) is 1.